The first-order chi connectivity index (χ1) is 9.78. The van der Waals surface area contributed by atoms with Crippen LogP contribution in [0.2, 0.25) is 0 Å². The Balaban J connectivity index is 1.88. The lowest BCUT2D eigenvalue weighted by Gasteiger charge is -2.33. The zero-order valence-corrected chi connectivity index (χ0v) is 14.0. The van der Waals surface area contributed by atoms with Gasteiger partial charge in [-0.1, -0.05) is 0 Å². The van der Waals surface area contributed by atoms with Crippen molar-refractivity contribution in [1.82, 2.24) is 23.9 Å². The highest BCUT2D eigenvalue weighted by molar-refractivity contribution is 7.87. The molecule has 0 bridgehead atoms. The third kappa shape index (κ3) is 4.26. The van der Waals surface area contributed by atoms with Crippen LogP contribution in [0.25, 0.3) is 0 Å². The topological polar surface area (TPSA) is 81.3 Å². The van der Waals surface area contributed by atoms with Gasteiger partial charge in [0.25, 0.3) is 10.2 Å². The van der Waals surface area contributed by atoms with Crippen molar-refractivity contribution in [3.63, 3.8) is 0 Å². The van der Waals surface area contributed by atoms with E-state index in [-0.39, 0.29) is 6.04 Å². The number of aromatic amines is 1. The van der Waals surface area contributed by atoms with Crippen LogP contribution in [0.15, 0.2) is 0 Å². The summed E-state index contributed by atoms with van der Waals surface area (Å²) in [5.41, 5.74) is 2.11. The number of hydrogen-bond donors (Lipinski definition) is 2. The van der Waals surface area contributed by atoms with Gasteiger partial charge in [-0.15, -0.1) is 0 Å². The second kappa shape index (κ2) is 6.43. The SMILES string of the molecule is Cc1nc(CN2CCN(S(=O)(=O)NC(C)C)CC2)[nH]c1C. The Kier molecular flexibility index (Phi) is 5.03. The van der Waals surface area contributed by atoms with Gasteiger partial charge in [-0.25, -0.2) is 4.98 Å². The minimum Gasteiger partial charge on any atom is -0.345 e. The first kappa shape index (κ1) is 16.4. The maximum absolute atomic E-state index is 12.1. The third-order valence-electron chi connectivity index (χ3n) is 3.61. The monoisotopic (exact) mass is 315 g/mol. The number of aryl methyl sites for hydroxylation is 2. The molecule has 2 N–H and O–H groups in total. The second-order valence-corrected chi connectivity index (χ2v) is 7.55. The van der Waals surface area contributed by atoms with Crippen LogP contribution in [-0.4, -0.2) is 59.8 Å². The molecule has 1 aromatic heterocycles. The molecule has 0 unspecified atom stereocenters. The van der Waals surface area contributed by atoms with Crippen molar-refractivity contribution in [2.75, 3.05) is 26.2 Å². The number of piperazine rings is 1. The predicted octanol–water partition coefficient (Wildman–Crippen LogP) is 0.387. The van der Waals surface area contributed by atoms with E-state index in [1.165, 1.54) is 4.31 Å². The Morgan fingerprint density at radius 2 is 1.86 bits per heavy atom. The van der Waals surface area contributed by atoms with Crippen LogP contribution in [0.1, 0.15) is 31.1 Å². The standard InChI is InChI=1S/C13H25N5O2S/c1-10(2)16-21(19,20)18-7-5-17(6-8-18)9-13-14-11(3)12(4)15-13/h10,16H,5-9H2,1-4H3,(H,14,15). The van der Waals surface area contributed by atoms with Gasteiger partial charge >= 0.3 is 0 Å². The van der Waals surface area contributed by atoms with Crippen LogP contribution in [0, 0.1) is 13.8 Å². The molecule has 0 atom stereocenters. The fraction of sp³-hybridized carbons (Fsp3) is 0.769. The van der Waals surface area contributed by atoms with E-state index < -0.39 is 10.2 Å². The van der Waals surface area contributed by atoms with Crippen molar-refractivity contribution in [1.29, 1.82) is 0 Å². The molecular weight excluding hydrogens is 290 g/mol. The highest BCUT2D eigenvalue weighted by Crippen LogP contribution is 2.11. The van der Waals surface area contributed by atoms with E-state index in [1.807, 2.05) is 27.7 Å². The summed E-state index contributed by atoms with van der Waals surface area (Å²) in [5.74, 6) is 0.946. The normalized spacial score (nSPS) is 18.5. The molecule has 1 aromatic rings. The van der Waals surface area contributed by atoms with Crippen LogP contribution < -0.4 is 4.72 Å². The molecule has 0 aliphatic carbocycles. The first-order valence-corrected chi connectivity index (χ1v) is 8.74. The molecule has 2 heterocycles. The summed E-state index contributed by atoms with van der Waals surface area (Å²) in [5, 5.41) is 0. The molecule has 1 saturated heterocycles. The Morgan fingerprint density at radius 1 is 1.24 bits per heavy atom. The molecule has 120 valence electrons. The summed E-state index contributed by atoms with van der Waals surface area (Å²) in [6, 6.07) is -0.0814. The number of aromatic nitrogens is 2. The Morgan fingerprint density at radius 3 is 2.33 bits per heavy atom. The van der Waals surface area contributed by atoms with Crippen molar-refractivity contribution in [3.05, 3.63) is 17.2 Å². The number of hydrogen-bond acceptors (Lipinski definition) is 4. The highest BCUT2D eigenvalue weighted by atomic mass is 32.2. The summed E-state index contributed by atoms with van der Waals surface area (Å²) < 4.78 is 28.3. The van der Waals surface area contributed by atoms with Crippen molar-refractivity contribution in [2.45, 2.75) is 40.3 Å². The van der Waals surface area contributed by atoms with Crippen LogP contribution >= 0.6 is 0 Å². The van der Waals surface area contributed by atoms with Gasteiger partial charge in [0.2, 0.25) is 0 Å². The van der Waals surface area contributed by atoms with Crippen LogP contribution in [0.5, 0.6) is 0 Å². The molecule has 0 amide bonds. The number of H-pyrrole nitrogens is 1. The maximum atomic E-state index is 12.1. The van der Waals surface area contributed by atoms with E-state index in [2.05, 4.69) is 19.6 Å². The van der Waals surface area contributed by atoms with Crippen molar-refractivity contribution >= 4 is 10.2 Å². The third-order valence-corrected chi connectivity index (χ3v) is 5.42. The maximum Gasteiger partial charge on any atom is 0.279 e. The molecule has 7 nitrogen and oxygen atoms in total. The van der Waals surface area contributed by atoms with Gasteiger partial charge in [-0.3, -0.25) is 4.90 Å². The lowest BCUT2D eigenvalue weighted by atomic mass is 10.3. The molecule has 0 spiro atoms. The second-order valence-electron chi connectivity index (χ2n) is 5.85. The largest absolute Gasteiger partial charge is 0.345 e. The van der Waals surface area contributed by atoms with Gasteiger partial charge in [0.15, 0.2) is 0 Å². The number of nitrogens with zero attached hydrogens (tertiary/aromatic N) is 3. The quantitative estimate of drug-likeness (QED) is 0.823. The van der Waals surface area contributed by atoms with Crippen molar-refractivity contribution < 1.29 is 8.42 Å². The van der Waals surface area contributed by atoms with E-state index in [1.54, 1.807) is 0 Å². The summed E-state index contributed by atoms with van der Waals surface area (Å²) >= 11 is 0. The zero-order chi connectivity index (χ0) is 15.6. The number of nitrogens with one attached hydrogen (secondary N) is 2. The fourth-order valence-electron chi connectivity index (χ4n) is 2.41. The summed E-state index contributed by atoms with van der Waals surface area (Å²) in [6.45, 7) is 10.9. The summed E-state index contributed by atoms with van der Waals surface area (Å²) in [4.78, 5) is 9.95. The molecule has 1 fully saturated rings. The molecule has 1 aliphatic rings. The van der Waals surface area contributed by atoms with Gasteiger partial charge in [0.05, 0.1) is 12.2 Å². The summed E-state index contributed by atoms with van der Waals surface area (Å²) in [7, 11) is -3.35. The van der Waals surface area contributed by atoms with E-state index >= 15 is 0 Å². The highest BCUT2D eigenvalue weighted by Gasteiger charge is 2.27. The average Bonchev–Trinajstić information content (AvgIpc) is 2.67. The number of imidazole rings is 1. The van der Waals surface area contributed by atoms with E-state index in [9.17, 15) is 8.42 Å². The molecular formula is C13H25N5O2S. The molecule has 0 aromatic carbocycles. The smallest absolute Gasteiger partial charge is 0.279 e. The van der Waals surface area contributed by atoms with Gasteiger partial charge in [0.1, 0.15) is 5.82 Å². The minimum atomic E-state index is -3.35. The van der Waals surface area contributed by atoms with Crippen molar-refractivity contribution in [3.8, 4) is 0 Å². The number of rotatable bonds is 5. The molecule has 0 saturated carbocycles. The van der Waals surface area contributed by atoms with Crippen LogP contribution in [0.3, 0.4) is 0 Å². The van der Waals surface area contributed by atoms with Gasteiger partial charge in [-0.05, 0) is 27.7 Å². The molecule has 1 aliphatic heterocycles. The minimum absolute atomic E-state index is 0.0814. The van der Waals surface area contributed by atoms with Gasteiger partial charge in [0, 0.05) is 37.9 Å². The lowest BCUT2D eigenvalue weighted by molar-refractivity contribution is 0.177. The van der Waals surface area contributed by atoms with Gasteiger partial charge in [-0.2, -0.15) is 17.4 Å². The van der Waals surface area contributed by atoms with Crippen LogP contribution in [0.4, 0.5) is 0 Å². The Labute approximate surface area is 126 Å². The zero-order valence-electron chi connectivity index (χ0n) is 13.2. The van der Waals surface area contributed by atoms with E-state index in [0.717, 1.165) is 36.8 Å². The Bertz CT molecular complexity index is 554. The Hall–Kier alpha value is -0.960. The summed E-state index contributed by atoms with van der Waals surface area (Å²) in [6.07, 6.45) is 0. The van der Waals surface area contributed by atoms with Crippen LogP contribution in [-0.2, 0) is 16.8 Å². The average molecular weight is 315 g/mol. The molecule has 0 radical (unpaired) electrons. The molecule has 21 heavy (non-hydrogen) atoms. The predicted molar refractivity (Wildman–Crippen MR) is 82.1 cm³/mol. The van der Waals surface area contributed by atoms with Crippen molar-refractivity contribution in [2.24, 2.45) is 0 Å². The molecule has 8 heteroatoms. The molecule has 2 rings (SSSR count). The lowest BCUT2D eigenvalue weighted by Crippen LogP contribution is -2.52. The van der Waals surface area contributed by atoms with E-state index in [0.29, 0.717) is 13.1 Å². The van der Waals surface area contributed by atoms with Gasteiger partial charge < -0.3 is 4.98 Å². The first-order valence-electron chi connectivity index (χ1n) is 7.30. The van der Waals surface area contributed by atoms with E-state index in [4.69, 9.17) is 0 Å². The fourth-order valence-corrected chi connectivity index (χ4v) is 3.80.